The van der Waals surface area contributed by atoms with Crippen LogP contribution >= 0.6 is 35.6 Å². The number of rotatable bonds is 4. The van der Waals surface area contributed by atoms with Crippen molar-refractivity contribution >= 4 is 41.4 Å². The van der Waals surface area contributed by atoms with Gasteiger partial charge in [0.2, 0.25) is 0 Å². The van der Waals surface area contributed by atoms with Crippen molar-refractivity contribution in [3.05, 3.63) is 69.7 Å². The molecule has 0 saturated carbocycles. The maximum absolute atomic E-state index is 13.1. The smallest absolute Gasteiger partial charge is 0.170 e. The highest BCUT2D eigenvalue weighted by Gasteiger charge is 2.41. The van der Waals surface area contributed by atoms with Gasteiger partial charge in [0.15, 0.2) is 5.78 Å². The van der Waals surface area contributed by atoms with Gasteiger partial charge in [-0.15, -0.1) is 12.4 Å². The average Bonchev–Trinajstić information content (AvgIpc) is 3.00. The molecule has 1 heterocycles. The zero-order valence-corrected chi connectivity index (χ0v) is 14.8. The van der Waals surface area contributed by atoms with E-state index in [0.717, 1.165) is 19.4 Å². The molecule has 1 fully saturated rings. The molecule has 2 nitrogen and oxygen atoms in total. The monoisotopic (exact) mass is 369 g/mol. The Morgan fingerprint density at radius 2 is 1.83 bits per heavy atom. The summed E-state index contributed by atoms with van der Waals surface area (Å²) in [4.78, 5) is 13.1. The number of carbonyl (C=O) groups is 1. The van der Waals surface area contributed by atoms with E-state index in [-0.39, 0.29) is 18.2 Å². The SMILES string of the molecule is Cl.O=C(c1ccc(Cl)c(Cl)c1)C1(Cc2ccccc2)CCNC1. The first-order valence-electron chi connectivity index (χ1n) is 7.35. The molecule has 2 aromatic carbocycles. The number of hydrogen-bond acceptors (Lipinski definition) is 2. The predicted molar refractivity (Wildman–Crippen MR) is 98.1 cm³/mol. The summed E-state index contributed by atoms with van der Waals surface area (Å²) in [6.45, 7) is 1.56. The first-order valence-corrected chi connectivity index (χ1v) is 8.11. The second kappa shape index (κ2) is 7.67. The van der Waals surface area contributed by atoms with Gasteiger partial charge in [0.1, 0.15) is 0 Å². The van der Waals surface area contributed by atoms with Crippen molar-refractivity contribution < 1.29 is 4.79 Å². The van der Waals surface area contributed by atoms with Crippen molar-refractivity contribution in [2.45, 2.75) is 12.8 Å². The molecule has 0 bridgehead atoms. The molecule has 1 aliphatic rings. The minimum absolute atomic E-state index is 0. The molecule has 1 unspecified atom stereocenters. The molecule has 122 valence electrons. The second-order valence-electron chi connectivity index (χ2n) is 5.83. The minimum Gasteiger partial charge on any atom is -0.316 e. The van der Waals surface area contributed by atoms with E-state index in [1.54, 1.807) is 18.2 Å². The van der Waals surface area contributed by atoms with E-state index in [1.807, 2.05) is 18.2 Å². The molecule has 0 amide bonds. The maximum atomic E-state index is 13.1. The number of carbonyl (C=O) groups excluding carboxylic acids is 1. The molecule has 3 rings (SSSR count). The molecule has 0 radical (unpaired) electrons. The third-order valence-electron chi connectivity index (χ3n) is 4.29. The molecule has 0 aromatic heterocycles. The Bertz CT molecular complexity index is 682. The van der Waals surface area contributed by atoms with E-state index in [2.05, 4.69) is 17.4 Å². The third kappa shape index (κ3) is 3.89. The van der Waals surface area contributed by atoms with Gasteiger partial charge < -0.3 is 5.32 Å². The fourth-order valence-corrected chi connectivity index (χ4v) is 3.40. The van der Waals surface area contributed by atoms with Crippen molar-refractivity contribution in [1.29, 1.82) is 0 Å². The highest BCUT2D eigenvalue weighted by Crippen LogP contribution is 2.35. The summed E-state index contributed by atoms with van der Waals surface area (Å²) in [6.07, 6.45) is 1.57. The van der Waals surface area contributed by atoms with Crippen molar-refractivity contribution in [2.75, 3.05) is 13.1 Å². The molecule has 0 spiro atoms. The standard InChI is InChI=1S/C18H17Cl2NO.ClH/c19-15-7-6-14(10-16(15)20)17(22)18(8-9-21-12-18)11-13-4-2-1-3-5-13;/h1-7,10,21H,8-9,11-12H2;1H. The molecule has 2 aromatic rings. The lowest BCUT2D eigenvalue weighted by Gasteiger charge is -2.27. The summed E-state index contributed by atoms with van der Waals surface area (Å²) in [5, 5.41) is 4.23. The predicted octanol–water partition coefficient (Wildman–Crippen LogP) is 4.82. The Morgan fingerprint density at radius 1 is 1.09 bits per heavy atom. The lowest BCUT2D eigenvalue weighted by molar-refractivity contribution is 0.0816. The maximum Gasteiger partial charge on any atom is 0.170 e. The van der Waals surface area contributed by atoms with Gasteiger partial charge in [-0.1, -0.05) is 53.5 Å². The molecule has 1 N–H and O–H groups in total. The van der Waals surface area contributed by atoms with E-state index < -0.39 is 5.41 Å². The zero-order chi connectivity index (χ0) is 15.6. The van der Waals surface area contributed by atoms with Gasteiger partial charge in [0.25, 0.3) is 0 Å². The topological polar surface area (TPSA) is 29.1 Å². The van der Waals surface area contributed by atoms with E-state index >= 15 is 0 Å². The van der Waals surface area contributed by atoms with Gasteiger partial charge in [-0.3, -0.25) is 4.79 Å². The lowest BCUT2D eigenvalue weighted by atomic mass is 9.75. The lowest BCUT2D eigenvalue weighted by Crippen LogP contribution is -2.36. The van der Waals surface area contributed by atoms with Crippen molar-refractivity contribution in [3.63, 3.8) is 0 Å². The normalized spacial score (nSPS) is 20.1. The van der Waals surface area contributed by atoms with Crippen molar-refractivity contribution in [2.24, 2.45) is 5.41 Å². The van der Waals surface area contributed by atoms with Crippen LogP contribution in [0, 0.1) is 5.41 Å². The summed E-state index contributed by atoms with van der Waals surface area (Å²) >= 11 is 12.0. The second-order valence-corrected chi connectivity index (χ2v) is 6.64. The first-order chi connectivity index (χ1) is 10.6. The zero-order valence-electron chi connectivity index (χ0n) is 12.5. The average molecular weight is 371 g/mol. The number of Topliss-reactive ketones (excluding diaryl/α,β-unsaturated/α-hetero) is 1. The fraction of sp³-hybridized carbons (Fsp3) is 0.278. The summed E-state index contributed by atoms with van der Waals surface area (Å²) in [7, 11) is 0. The number of benzene rings is 2. The Labute approximate surface area is 152 Å². The van der Waals surface area contributed by atoms with Gasteiger partial charge in [-0.05, 0) is 43.1 Å². The number of ketones is 1. The van der Waals surface area contributed by atoms with E-state index in [0.29, 0.717) is 22.2 Å². The van der Waals surface area contributed by atoms with Crippen LogP contribution in [-0.2, 0) is 6.42 Å². The molecule has 23 heavy (non-hydrogen) atoms. The van der Waals surface area contributed by atoms with Crippen LogP contribution in [0.25, 0.3) is 0 Å². The third-order valence-corrected chi connectivity index (χ3v) is 5.03. The van der Waals surface area contributed by atoms with Crippen LogP contribution in [-0.4, -0.2) is 18.9 Å². The van der Waals surface area contributed by atoms with Gasteiger partial charge in [0, 0.05) is 12.1 Å². The summed E-state index contributed by atoms with van der Waals surface area (Å²) in [6, 6.07) is 15.3. The Morgan fingerprint density at radius 3 is 2.43 bits per heavy atom. The minimum atomic E-state index is -0.404. The quantitative estimate of drug-likeness (QED) is 0.782. The van der Waals surface area contributed by atoms with E-state index in [4.69, 9.17) is 23.2 Å². The van der Waals surface area contributed by atoms with Gasteiger partial charge in [-0.2, -0.15) is 0 Å². The van der Waals surface area contributed by atoms with Crippen LogP contribution < -0.4 is 5.32 Å². The molecule has 0 aliphatic carbocycles. The van der Waals surface area contributed by atoms with E-state index in [9.17, 15) is 4.79 Å². The molecular weight excluding hydrogens is 353 g/mol. The Kier molecular flexibility index (Phi) is 6.10. The van der Waals surface area contributed by atoms with Gasteiger partial charge in [-0.25, -0.2) is 0 Å². The van der Waals surface area contributed by atoms with Crippen LogP contribution in [0.1, 0.15) is 22.3 Å². The fourth-order valence-electron chi connectivity index (χ4n) is 3.10. The molecule has 1 saturated heterocycles. The van der Waals surface area contributed by atoms with Crippen LogP contribution in [0.2, 0.25) is 10.0 Å². The molecule has 1 aliphatic heterocycles. The van der Waals surface area contributed by atoms with E-state index in [1.165, 1.54) is 5.56 Å². The van der Waals surface area contributed by atoms with Gasteiger partial charge in [0.05, 0.1) is 15.5 Å². The van der Waals surface area contributed by atoms with Crippen molar-refractivity contribution in [3.8, 4) is 0 Å². The van der Waals surface area contributed by atoms with Crippen LogP contribution in [0.3, 0.4) is 0 Å². The van der Waals surface area contributed by atoms with Gasteiger partial charge >= 0.3 is 0 Å². The highest BCUT2D eigenvalue weighted by atomic mass is 35.5. The van der Waals surface area contributed by atoms with Crippen molar-refractivity contribution in [1.82, 2.24) is 5.32 Å². The summed E-state index contributed by atoms with van der Waals surface area (Å²) in [5.74, 6) is 0.139. The van der Waals surface area contributed by atoms with Crippen LogP contribution in [0.5, 0.6) is 0 Å². The largest absolute Gasteiger partial charge is 0.316 e. The van der Waals surface area contributed by atoms with Crippen LogP contribution in [0.15, 0.2) is 48.5 Å². The molecular formula is C18H18Cl3NO. The number of halogens is 3. The summed E-state index contributed by atoms with van der Waals surface area (Å²) < 4.78 is 0. The van der Waals surface area contributed by atoms with Crippen LogP contribution in [0.4, 0.5) is 0 Å². The highest BCUT2D eigenvalue weighted by molar-refractivity contribution is 6.42. The Balaban J connectivity index is 0.00000192. The number of hydrogen-bond donors (Lipinski definition) is 1. The summed E-state index contributed by atoms with van der Waals surface area (Å²) in [5.41, 5.74) is 1.41. The molecule has 1 atom stereocenters. The number of nitrogens with one attached hydrogen (secondary N) is 1. The molecule has 5 heteroatoms. The Hall–Kier alpha value is -1.06. The first kappa shape index (κ1) is 18.3.